The summed E-state index contributed by atoms with van der Waals surface area (Å²) in [6.45, 7) is 13.5. The first-order chi connectivity index (χ1) is 7.62. The average Bonchev–Trinajstić information content (AvgIpc) is 2.94. The summed E-state index contributed by atoms with van der Waals surface area (Å²) < 4.78 is 0. The molecule has 1 heterocycles. The van der Waals surface area contributed by atoms with Crippen molar-refractivity contribution in [3.63, 3.8) is 0 Å². The van der Waals surface area contributed by atoms with E-state index in [0.717, 1.165) is 11.8 Å². The van der Waals surface area contributed by atoms with E-state index < -0.39 is 0 Å². The van der Waals surface area contributed by atoms with Gasteiger partial charge in [-0.05, 0) is 56.1 Å². The molecule has 16 heavy (non-hydrogen) atoms. The van der Waals surface area contributed by atoms with Crippen molar-refractivity contribution in [1.29, 1.82) is 0 Å². The van der Waals surface area contributed by atoms with E-state index in [4.69, 9.17) is 0 Å². The molecule has 2 heteroatoms. The molecule has 1 aliphatic heterocycles. The minimum Gasteiger partial charge on any atom is -0.316 e. The molecular weight excluding hydrogens is 196 g/mol. The highest BCUT2D eigenvalue weighted by Crippen LogP contribution is 2.52. The van der Waals surface area contributed by atoms with Crippen LogP contribution in [-0.2, 0) is 0 Å². The van der Waals surface area contributed by atoms with Gasteiger partial charge < -0.3 is 10.2 Å². The van der Waals surface area contributed by atoms with E-state index in [1.807, 2.05) is 0 Å². The van der Waals surface area contributed by atoms with E-state index >= 15 is 0 Å². The lowest BCUT2D eigenvalue weighted by molar-refractivity contribution is 0.155. The highest BCUT2D eigenvalue weighted by atomic mass is 15.1. The molecule has 1 saturated carbocycles. The summed E-state index contributed by atoms with van der Waals surface area (Å²) in [6.07, 6.45) is 4.25. The van der Waals surface area contributed by atoms with E-state index in [0.29, 0.717) is 5.41 Å². The summed E-state index contributed by atoms with van der Waals surface area (Å²) in [5.41, 5.74) is 0.687. The van der Waals surface area contributed by atoms with Gasteiger partial charge in [0.2, 0.25) is 0 Å². The van der Waals surface area contributed by atoms with Crippen molar-refractivity contribution < 1.29 is 0 Å². The Hall–Kier alpha value is -0.0800. The van der Waals surface area contributed by atoms with Crippen LogP contribution in [0.2, 0.25) is 0 Å². The van der Waals surface area contributed by atoms with Crippen LogP contribution >= 0.6 is 0 Å². The van der Waals surface area contributed by atoms with Crippen LogP contribution in [0.15, 0.2) is 0 Å². The third kappa shape index (κ3) is 2.98. The minimum atomic E-state index is 0.687. The first kappa shape index (κ1) is 12.4. The normalized spacial score (nSPS) is 31.1. The zero-order valence-electron chi connectivity index (χ0n) is 11.3. The van der Waals surface area contributed by atoms with Gasteiger partial charge in [0.15, 0.2) is 0 Å². The Morgan fingerprint density at radius 2 is 2.12 bits per heavy atom. The average molecular weight is 224 g/mol. The zero-order chi connectivity index (χ0) is 11.6. The van der Waals surface area contributed by atoms with E-state index in [9.17, 15) is 0 Å². The van der Waals surface area contributed by atoms with Crippen LogP contribution in [0.5, 0.6) is 0 Å². The summed E-state index contributed by atoms with van der Waals surface area (Å²) in [4.78, 5) is 2.73. The summed E-state index contributed by atoms with van der Waals surface area (Å²) in [5, 5.41) is 3.53. The monoisotopic (exact) mass is 224 g/mol. The van der Waals surface area contributed by atoms with Crippen LogP contribution in [0.4, 0.5) is 0 Å². The van der Waals surface area contributed by atoms with E-state index in [1.165, 1.54) is 52.0 Å². The second-order valence-electron chi connectivity index (χ2n) is 6.42. The fourth-order valence-electron chi connectivity index (χ4n) is 3.04. The predicted octanol–water partition coefficient (Wildman–Crippen LogP) is 2.35. The van der Waals surface area contributed by atoms with E-state index in [1.54, 1.807) is 0 Å². The van der Waals surface area contributed by atoms with Crippen molar-refractivity contribution in [3.8, 4) is 0 Å². The molecule has 1 atom stereocenters. The van der Waals surface area contributed by atoms with Crippen molar-refractivity contribution in [1.82, 2.24) is 10.2 Å². The lowest BCUT2D eigenvalue weighted by Gasteiger charge is -2.33. The molecule has 1 aliphatic carbocycles. The Balaban J connectivity index is 1.87. The van der Waals surface area contributed by atoms with Gasteiger partial charge in [0.05, 0.1) is 0 Å². The first-order valence-corrected chi connectivity index (χ1v) is 7.05. The third-order valence-corrected chi connectivity index (χ3v) is 4.55. The Kier molecular flexibility index (Phi) is 3.91. The van der Waals surface area contributed by atoms with E-state index in [-0.39, 0.29) is 0 Å². The molecule has 2 fully saturated rings. The van der Waals surface area contributed by atoms with Crippen LogP contribution in [0.1, 0.15) is 40.0 Å². The predicted molar refractivity (Wildman–Crippen MR) is 69.6 cm³/mol. The molecule has 94 valence electrons. The zero-order valence-corrected chi connectivity index (χ0v) is 11.3. The molecule has 1 unspecified atom stereocenters. The molecule has 1 saturated heterocycles. The molecule has 2 nitrogen and oxygen atoms in total. The Morgan fingerprint density at radius 3 is 2.75 bits per heavy atom. The first-order valence-electron chi connectivity index (χ1n) is 7.05. The molecule has 0 bridgehead atoms. The van der Waals surface area contributed by atoms with Crippen LogP contribution in [0, 0.1) is 17.3 Å². The lowest BCUT2D eigenvalue weighted by atomic mass is 9.91. The molecule has 0 aromatic carbocycles. The van der Waals surface area contributed by atoms with Crippen molar-refractivity contribution in [2.45, 2.75) is 40.0 Å². The van der Waals surface area contributed by atoms with E-state index in [2.05, 4.69) is 31.0 Å². The van der Waals surface area contributed by atoms with Crippen molar-refractivity contribution in [3.05, 3.63) is 0 Å². The van der Waals surface area contributed by atoms with Gasteiger partial charge in [-0.1, -0.05) is 20.8 Å². The molecule has 2 rings (SSSR count). The Bertz CT molecular complexity index is 221. The van der Waals surface area contributed by atoms with Gasteiger partial charge in [-0.3, -0.25) is 0 Å². The molecule has 0 amide bonds. The number of hydrogen-bond donors (Lipinski definition) is 1. The number of nitrogens with one attached hydrogen (secondary N) is 1. The van der Waals surface area contributed by atoms with Gasteiger partial charge in [-0.2, -0.15) is 0 Å². The summed E-state index contributed by atoms with van der Waals surface area (Å²) in [5.74, 6) is 1.68. The maximum atomic E-state index is 3.53. The standard InChI is InChI=1S/C14H28N2/c1-12(2)14(5-6-14)11-16-8-4-7-15-9-13(3)10-16/h12-13,15H,4-11H2,1-3H3. The SMILES string of the molecule is CC1CNCCCN(CC2(C(C)C)CC2)C1. The molecule has 1 N–H and O–H groups in total. The second kappa shape index (κ2) is 5.05. The molecule has 0 spiro atoms. The van der Waals surface area contributed by atoms with Gasteiger partial charge >= 0.3 is 0 Å². The van der Waals surface area contributed by atoms with Gasteiger partial charge in [-0.25, -0.2) is 0 Å². The van der Waals surface area contributed by atoms with Gasteiger partial charge in [-0.15, -0.1) is 0 Å². The minimum absolute atomic E-state index is 0.687. The van der Waals surface area contributed by atoms with Crippen LogP contribution in [0.3, 0.4) is 0 Å². The maximum Gasteiger partial charge on any atom is 0.00406 e. The van der Waals surface area contributed by atoms with Gasteiger partial charge in [0.25, 0.3) is 0 Å². The second-order valence-corrected chi connectivity index (χ2v) is 6.42. The Morgan fingerprint density at radius 1 is 1.38 bits per heavy atom. The smallest absolute Gasteiger partial charge is 0.00406 e. The third-order valence-electron chi connectivity index (χ3n) is 4.55. The molecular formula is C14H28N2. The highest BCUT2D eigenvalue weighted by Gasteiger charge is 2.46. The number of nitrogens with zero attached hydrogens (tertiary/aromatic N) is 1. The maximum absolute atomic E-state index is 3.53. The van der Waals surface area contributed by atoms with Crippen molar-refractivity contribution in [2.75, 3.05) is 32.7 Å². The van der Waals surface area contributed by atoms with Gasteiger partial charge in [0, 0.05) is 13.1 Å². The molecule has 0 aromatic rings. The van der Waals surface area contributed by atoms with Crippen LogP contribution < -0.4 is 5.32 Å². The quantitative estimate of drug-likeness (QED) is 0.791. The van der Waals surface area contributed by atoms with Crippen LogP contribution in [-0.4, -0.2) is 37.6 Å². The Labute approximate surface area is 101 Å². The number of hydrogen-bond acceptors (Lipinski definition) is 2. The van der Waals surface area contributed by atoms with Crippen molar-refractivity contribution in [2.24, 2.45) is 17.3 Å². The van der Waals surface area contributed by atoms with Gasteiger partial charge in [0.1, 0.15) is 0 Å². The lowest BCUT2D eigenvalue weighted by Crippen LogP contribution is -2.42. The highest BCUT2D eigenvalue weighted by molar-refractivity contribution is 4.98. The van der Waals surface area contributed by atoms with Crippen molar-refractivity contribution >= 4 is 0 Å². The van der Waals surface area contributed by atoms with Crippen LogP contribution in [0.25, 0.3) is 0 Å². The largest absolute Gasteiger partial charge is 0.316 e. The molecule has 0 radical (unpaired) electrons. The fraction of sp³-hybridized carbons (Fsp3) is 1.00. The molecule has 0 aromatic heterocycles. The molecule has 2 aliphatic rings. The topological polar surface area (TPSA) is 15.3 Å². The summed E-state index contributed by atoms with van der Waals surface area (Å²) >= 11 is 0. The fourth-order valence-corrected chi connectivity index (χ4v) is 3.04. The summed E-state index contributed by atoms with van der Waals surface area (Å²) in [6, 6.07) is 0. The number of rotatable bonds is 3. The summed E-state index contributed by atoms with van der Waals surface area (Å²) in [7, 11) is 0.